The van der Waals surface area contributed by atoms with Crippen LogP contribution in [0.15, 0.2) is 27.6 Å². The van der Waals surface area contributed by atoms with Crippen molar-refractivity contribution in [2.75, 3.05) is 0 Å². The van der Waals surface area contributed by atoms with E-state index >= 15 is 0 Å². The van der Waals surface area contributed by atoms with Crippen LogP contribution in [0.25, 0.3) is 0 Å². The summed E-state index contributed by atoms with van der Waals surface area (Å²) in [6.45, 7) is 0. The number of benzene rings is 1. The number of nitrogens with one attached hydrogen (secondary N) is 2. The van der Waals surface area contributed by atoms with Gasteiger partial charge >= 0.3 is 0 Å². The molecule has 2 atom stereocenters. The van der Waals surface area contributed by atoms with Gasteiger partial charge in [0.15, 0.2) is 0 Å². The predicted octanol–water partition coefficient (Wildman–Crippen LogP) is 3.09. The van der Waals surface area contributed by atoms with E-state index in [9.17, 15) is 8.42 Å². The maximum Gasteiger partial charge on any atom is 0.241 e. The topological polar surface area (TPSA) is 58.2 Å². The van der Waals surface area contributed by atoms with Crippen LogP contribution >= 0.6 is 39.9 Å². The molecule has 2 unspecified atom stereocenters. The van der Waals surface area contributed by atoms with Crippen molar-refractivity contribution in [1.29, 1.82) is 0 Å². The Balaban J connectivity index is 0.00000161. The molecular formula is C13H17BrCl2N2O2S. The largest absolute Gasteiger partial charge is 0.311 e. The van der Waals surface area contributed by atoms with Crippen molar-refractivity contribution < 1.29 is 8.42 Å². The Kier molecular flexibility index (Phi) is 5.60. The van der Waals surface area contributed by atoms with Crippen LogP contribution in [0.1, 0.15) is 25.7 Å². The molecule has 2 bridgehead atoms. The van der Waals surface area contributed by atoms with Crippen LogP contribution in [0.5, 0.6) is 0 Å². The second kappa shape index (κ2) is 6.72. The predicted molar refractivity (Wildman–Crippen MR) is 89.7 cm³/mol. The molecule has 0 radical (unpaired) electrons. The highest BCUT2D eigenvalue weighted by atomic mass is 79.9. The second-order valence-electron chi connectivity index (χ2n) is 5.50. The summed E-state index contributed by atoms with van der Waals surface area (Å²) >= 11 is 9.12. The third-order valence-electron chi connectivity index (χ3n) is 3.98. The minimum Gasteiger partial charge on any atom is -0.311 e. The van der Waals surface area contributed by atoms with Gasteiger partial charge in [0, 0.05) is 27.6 Å². The molecule has 2 N–H and O–H groups in total. The van der Waals surface area contributed by atoms with Gasteiger partial charge in [0.05, 0.1) is 4.90 Å². The molecule has 1 aromatic rings. The average Bonchev–Trinajstić information content (AvgIpc) is 2.67. The van der Waals surface area contributed by atoms with Gasteiger partial charge in [-0.1, -0.05) is 11.6 Å². The van der Waals surface area contributed by atoms with Gasteiger partial charge in [-0.25, -0.2) is 13.1 Å². The Labute approximate surface area is 144 Å². The smallest absolute Gasteiger partial charge is 0.241 e. The fraction of sp³-hybridized carbons (Fsp3) is 0.538. The van der Waals surface area contributed by atoms with E-state index in [1.165, 1.54) is 6.07 Å². The van der Waals surface area contributed by atoms with E-state index in [-0.39, 0.29) is 23.3 Å². The van der Waals surface area contributed by atoms with E-state index in [0.717, 1.165) is 25.7 Å². The van der Waals surface area contributed by atoms with Crippen molar-refractivity contribution in [3.05, 3.63) is 27.7 Å². The molecule has 0 saturated carbocycles. The molecule has 0 spiro atoms. The Bertz CT molecular complexity index is 615. The second-order valence-corrected chi connectivity index (χ2v) is 8.48. The first-order valence-electron chi connectivity index (χ1n) is 6.67. The molecule has 0 amide bonds. The van der Waals surface area contributed by atoms with Gasteiger partial charge < -0.3 is 5.32 Å². The molecule has 2 heterocycles. The van der Waals surface area contributed by atoms with E-state index in [1.54, 1.807) is 12.1 Å². The van der Waals surface area contributed by atoms with Gasteiger partial charge in [0.2, 0.25) is 10.0 Å². The number of fused-ring (bicyclic) bond motifs is 2. The molecule has 1 aromatic carbocycles. The van der Waals surface area contributed by atoms with Gasteiger partial charge in [0.25, 0.3) is 0 Å². The van der Waals surface area contributed by atoms with Crippen LogP contribution in [0, 0.1) is 0 Å². The zero-order valence-corrected chi connectivity index (χ0v) is 15.2. The first-order chi connectivity index (χ1) is 9.44. The molecule has 2 aliphatic rings. The molecule has 0 aromatic heterocycles. The Morgan fingerprint density at radius 3 is 2.43 bits per heavy atom. The summed E-state index contributed by atoms with van der Waals surface area (Å²) in [5.41, 5.74) is 0. The summed E-state index contributed by atoms with van der Waals surface area (Å²) < 4.78 is 28.2. The summed E-state index contributed by atoms with van der Waals surface area (Å²) in [4.78, 5) is 0.243. The van der Waals surface area contributed by atoms with Crippen LogP contribution in [0.4, 0.5) is 0 Å². The molecule has 3 rings (SSSR count). The molecule has 8 heteroatoms. The third kappa shape index (κ3) is 3.92. The summed E-state index contributed by atoms with van der Waals surface area (Å²) in [7, 11) is -3.51. The van der Waals surface area contributed by atoms with Crippen molar-refractivity contribution in [3.8, 4) is 0 Å². The first kappa shape index (κ1) is 17.5. The van der Waals surface area contributed by atoms with Crippen molar-refractivity contribution in [2.45, 2.75) is 48.7 Å². The van der Waals surface area contributed by atoms with Crippen LogP contribution in [0.3, 0.4) is 0 Å². The fourth-order valence-electron chi connectivity index (χ4n) is 3.13. The third-order valence-corrected chi connectivity index (χ3v) is 6.71. The van der Waals surface area contributed by atoms with E-state index in [0.29, 0.717) is 21.6 Å². The fourth-order valence-corrected chi connectivity index (χ4v) is 5.77. The van der Waals surface area contributed by atoms with Gasteiger partial charge in [-0.15, -0.1) is 12.4 Å². The van der Waals surface area contributed by atoms with Gasteiger partial charge in [-0.05, 0) is 59.8 Å². The summed E-state index contributed by atoms with van der Waals surface area (Å²) in [5.74, 6) is 0. The summed E-state index contributed by atoms with van der Waals surface area (Å²) in [6, 6.07) is 5.64. The van der Waals surface area contributed by atoms with Crippen molar-refractivity contribution >= 4 is 50.0 Å². The summed E-state index contributed by atoms with van der Waals surface area (Å²) in [5, 5.41) is 4.01. The van der Waals surface area contributed by atoms with Crippen LogP contribution in [-0.4, -0.2) is 26.5 Å². The maximum absolute atomic E-state index is 12.5. The summed E-state index contributed by atoms with van der Waals surface area (Å²) in [6.07, 6.45) is 4.02. The van der Waals surface area contributed by atoms with E-state index < -0.39 is 10.0 Å². The van der Waals surface area contributed by atoms with Gasteiger partial charge in [0.1, 0.15) is 0 Å². The highest BCUT2D eigenvalue weighted by molar-refractivity contribution is 9.10. The minimum atomic E-state index is -3.51. The van der Waals surface area contributed by atoms with Crippen molar-refractivity contribution in [1.82, 2.24) is 10.0 Å². The molecule has 0 aliphatic carbocycles. The van der Waals surface area contributed by atoms with E-state index in [4.69, 9.17) is 11.6 Å². The normalized spacial score (nSPS) is 28.2. The average molecular weight is 416 g/mol. The van der Waals surface area contributed by atoms with E-state index in [2.05, 4.69) is 26.0 Å². The lowest BCUT2D eigenvalue weighted by Crippen LogP contribution is -2.47. The molecule has 4 nitrogen and oxygen atoms in total. The van der Waals surface area contributed by atoms with Gasteiger partial charge in [-0.2, -0.15) is 0 Å². The lowest BCUT2D eigenvalue weighted by atomic mass is 10.0. The van der Waals surface area contributed by atoms with Gasteiger partial charge in [-0.3, -0.25) is 0 Å². The lowest BCUT2D eigenvalue weighted by molar-refractivity contribution is 0.345. The monoisotopic (exact) mass is 414 g/mol. The number of piperidine rings is 1. The van der Waals surface area contributed by atoms with Crippen LogP contribution in [-0.2, 0) is 10.0 Å². The number of halogens is 3. The highest BCUT2D eigenvalue weighted by Crippen LogP contribution is 2.29. The molecule has 21 heavy (non-hydrogen) atoms. The Morgan fingerprint density at radius 2 is 1.86 bits per heavy atom. The zero-order valence-electron chi connectivity index (χ0n) is 11.2. The molecule has 2 fully saturated rings. The molecular weight excluding hydrogens is 399 g/mol. The number of sulfonamides is 1. The number of hydrogen-bond acceptors (Lipinski definition) is 3. The SMILES string of the molecule is Cl.O=S(=O)(NC1CC2CCC(C1)N2)c1ccc(Cl)cc1Br. The number of hydrogen-bond donors (Lipinski definition) is 2. The first-order valence-corrected chi connectivity index (χ1v) is 9.33. The van der Waals surface area contributed by atoms with Crippen molar-refractivity contribution in [2.24, 2.45) is 0 Å². The Morgan fingerprint density at radius 1 is 1.24 bits per heavy atom. The van der Waals surface area contributed by atoms with Crippen LogP contribution in [0.2, 0.25) is 5.02 Å². The van der Waals surface area contributed by atoms with E-state index in [1.807, 2.05) is 0 Å². The maximum atomic E-state index is 12.5. The van der Waals surface area contributed by atoms with Crippen LogP contribution < -0.4 is 10.0 Å². The lowest BCUT2D eigenvalue weighted by Gasteiger charge is -2.29. The highest BCUT2D eigenvalue weighted by Gasteiger charge is 2.35. The zero-order chi connectivity index (χ0) is 14.3. The van der Waals surface area contributed by atoms with Crippen molar-refractivity contribution in [3.63, 3.8) is 0 Å². The minimum absolute atomic E-state index is 0. The molecule has 118 valence electrons. The molecule has 2 aliphatic heterocycles. The Hall–Kier alpha value is 0.150. The number of rotatable bonds is 3. The molecule has 2 saturated heterocycles. The standard InChI is InChI=1S/C13H16BrClN2O2S.ClH/c14-12-5-8(15)1-4-13(12)20(18,19)17-11-6-9-2-3-10(7-11)16-9;/h1,4-5,9-11,16-17H,2-3,6-7H2;1H. The quantitative estimate of drug-likeness (QED) is 0.797.